The zero-order chi connectivity index (χ0) is 12.9. The van der Waals surface area contributed by atoms with E-state index in [0.29, 0.717) is 19.8 Å². The highest BCUT2D eigenvalue weighted by molar-refractivity contribution is 5.47. The first-order valence-corrected chi connectivity index (χ1v) is 5.10. The Kier molecular flexibility index (Phi) is 4.56. The first kappa shape index (κ1) is 13.6. The standard InChI is InChI=1S/C10H14F3N3O/c1-2-17-4-3-15-9-6-7(10(11,12)13)5-8(14)16-9/h5-6H,2-4H2,1H3,(H3,14,15,16). The Labute approximate surface area is 97.0 Å². The monoisotopic (exact) mass is 249 g/mol. The maximum Gasteiger partial charge on any atom is 0.416 e. The Morgan fingerprint density at radius 2 is 2.12 bits per heavy atom. The third kappa shape index (κ3) is 4.48. The summed E-state index contributed by atoms with van der Waals surface area (Å²) < 4.78 is 42.4. The summed E-state index contributed by atoms with van der Waals surface area (Å²) in [7, 11) is 0. The van der Waals surface area contributed by atoms with E-state index in [2.05, 4.69) is 10.3 Å². The number of pyridine rings is 1. The number of hydrogen-bond donors (Lipinski definition) is 2. The highest BCUT2D eigenvalue weighted by Gasteiger charge is 2.31. The van der Waals surface area contributed by atoms with E-state index in [4.69, 9.17) is 10.5 Å². The SMILES string of the molecule is CCOCCNc1cc(C(F)(F)F)cc(N)n1. The molecule has 0 radical (unpaired) electrons. The quantitative estimate of drug-likeness (QED) is 0.785. The van der Waals surface area contributed by atoms with E-state index in [0.717, 1.165) is 12.1 Å². The molecule has 1 aromatic rings. The Hall–Kier alpha value is -1.50. The van der Waals surface area contributed by atoms with Crippen molar-refractivity contribution in [1.82, 2.24) is 4.98 Å². The molecule has 0 unspecified atom stereocenters. The molecule has 0 aliphatic heterocycles. The molecular weight excluding hydrogens is 235 g/mol. The molecule has 0 spiro atoms. The van der Waals surface area contributed by atoms with Gasteiger partial charge in [0.15, 0.2) is 0 Å². The van der Waals surface area contributed by atoms with Crippen molar-refractivity contribution in [3.05, 3.63) is 17.7 Å². The largest absolute Gasteiger partial charge is 0.416 e. The summed E-state index contributed by atoms with van der Waals surface area (Å²) >= 11 is 0. The van der Waals surface area contributed by atoms with Crippen molar-refractivity contribution >= 4 is 11.6 Å². The van der Waals surface area contributed by atoms with Crippen molar-refractivity contribution in [2.24, 2.45) is 0 Å². The third-order valence-corrected chi connectivity index (χ3v) is 1.93. The van der Waals surface area contributed by atoms with Crippen LogP contribution in [-0.4, -0.2) is 24.7 Å². The number of nitrogen functional groups attached to an aromatic ring is 1. The number of halogens is 3. The van der Waals surface area contributed by atoms with Crippen LogP contribution in [0.2, 0.25) is 0 Å². The molecule has 0 atom stereocenters. The molecule has 0 saturated heterocycles. The van der Waals surface area contributed by atoms with Crippen molar-refractivity contribution in [1.29, 1.82) is 0 Å². The Morgan fingerprint density at radius 3 is 2.71 bits per heavy atom. The van der Waals surface area contributed by atoms with E-state index in [1.165, 1.54) is 0 Å². The second-order valence-electron chi connectivity index (χ2n) is 3.29. The summed E-state index contributed by atoms with van der Waals surface area (Å²) in [6.45, 7) is 3.16. The van der Waals surface area contributed by atoms with Gasteiger partial charge in [-0.2, -0.15) is 13.2 Å². The molecule has 1 rings (SSSR count). The minimum absolute atomic E-state index is 0.0945. The number of ether oxygens (including phenoxy) is 1. The molecule has 0 bridgehead atoms. The van der Waals surface area contributed by atoms with E-state index in [1.807, 2.05) is 6.92 Å². The van der Waals surface area contributed by atoms with Gasteiger partial charge in [-0.05, 0) is 19.1 Å². The lowest BCUT2D eigenvalue weighted by Gasteiger charge is -2.11. The van der Waals surface area contributed by atoms with Gasteiger partial charge in [0.2, 0.25) is 0 Å². The number of nitrogens with zero attached hydrogens (tertiary/aromatic N) is 1. The summed E-state index contributed by atoms with van der Waals surface area (Å²) in [4.78, 5) is 3.76. The van der Waals surface area contributed by atoms with Gasteiger partial charge < -0.3 is 15.8 Å². The van der Waals surface area contributed by atoms with Crippen LogP contribution in [0.15, 0.2) is 12.1 Å². The Morgan fingerprint density at radius 1 is 1.41 bits per heavy atom. The normalized spacial score (nSPS) is 11.5. The Bertz CT molecular complexity index is 368. The predicted octanol–water partition coefficient (Wildman–Crippen LogP) is 2.13. The molecule has 17 heavy (non-hydrogen) atoms. The summed E-state index contributed by atoms with van der Waals surface area (Å²) in [5.74, 6) is -0.0734. The van der Waals surface area contributed by atoms with Crippen LogP contribution in [0.4, 0.5) is 24.8 Å². The predicted molar refractivity (Wildman–Crippen MR) is 58.6 cm³/mol. The van der Waals surface area contributed by atoms with Crippen LogP contribution in [-0.2, 0) is 10.9 Å². The second kappa shape index (κ2) is 5.72. The van der Waals surface area contributed by atoms with Crippen LogP contribution in [0.5, 0.6) is 0 Å². The van der Waals surface area contributed by atoms with Crippen LogP contribution in [0, 0.1) is 0 Å². The van der Waals surface area contributed by atoms with Gasteiger partial charge >= 0.3 is 6.18 Å². The lowest BCUT2D eigenvalue weighted by atomic mass is 10.2. The lowest BCUT2D eigenvalue weighted by Crippen LogP contribution is -2.13. The highest BCUT2D eigenvalue weighted by atomic mass is 19.4. The molecule has 0 saturated carbocycles. The van der Waals surface area contributed by atoms with Gasteiger partial charge in [0, 0.05) is 13.2 Å². The van der Waals surface area contributed by atoms with Gasteiger partial charge in [-0.1, -0.05) is 0 Å². The van der Waals surface area contributed by atoms with Crippen molar-refractivity contribution in [3.63, 3.8) is 0 Å². The van der Waals surface area contributed by atoms with Crippen molar-refractivity contribution < 1.29 is 17.9 Å². The van der Waals surface area contributed by atoms with Crippen LogP contribution >= 0.6 is 0 Å². The van der Waals surface area contributed by atoms with Gasteiger partial charge in [0.1, 0.15) is 11.6 Å². The maximum absolute atomic E-state index is 12.5. The fourth-order valence-corrected chi connectivity index (χ4v) is 1.20. The highest BCUT2D eigenvalue weighted by Crippen LogP contribution is 2.31. The van der Waals surface area contributed by atoms with Gasteiger partial charge in [-0.25, -0.2) is 4.98 Å². The van der Waals surface area contributed by atoms with Gasteiger partial charge in [0.25, 0.3) is 0 Å². The molecule has 0 aliphatic rings. The molecule has 96 valence electrons. The van der Waals surface area contributed by atoms with Crippen LogP contribution in [0.25, 0.3) is 0 Å². The van der Waals surface area contributed by atoms with Crippen molar-refractivity contribution in [2.75, 3.05) is 30.8 Å². The lowest BCUT2D eigenvalue weighted by molar-refractivity contribution is -0.137. The molecule has 0 amide bonds. The number of anilines is 2. The van der Waals surface area contributed by atoms with Crippen molar-refractivity contribution in [2.45, 2.75) is 13.1 Å². The first-order chi connectivity index (χ1) is 7.93. The number of aromatic nitrogens is 1. The fraction of sp³-hybridized carbons (Fsp3) is 0.500. The fourth-order valence-electron chi connectivity index (χ4n) is 1.20. The zero-order valence-corrected chi connectivity index (χ0v) is 9.34. The summed E-state index contributed by atoms with van der Waals surface area (Å²) in [5.41, 5.74) is 4.49. The molecule has 0 fully saturated rings. The van der Waals surface area contributed by atoms with E-state index >= 15 is 0 Å². The van der Waals surface area contributed by atoms with Gasteiger partial charge in [-0.3, -0.25) is 0 Å². The number of nitrogens with one attached hydrogen (secondary N) is 1. The average Bonchev–Trinajstić information content (AvgIpc) is 2.22. The minimum Gasteiger partial charge on any atom is -0.384 e. The average molecular weight is 249 g/mol. The summed E-state index contributed by atoms with van der Waals surface area (Å²) in [5, 5.41) is 2.72. The van der Waals surface area contributed by atoms with Crippen LogP contribution in [0.3, 0.4) is 0 Å². The number of hydrogen-bond acceptors (Lipinski definition) is 4. The molecular formula is C10H14F3N3O. The molecule has 0 aliphatic carbocycles. The van der Waals surface area contributed by atoms with Gasteiger partial charge in [-0.15, -0.1) is 0 Å². The zero-order valence-electron chi connectivity index (χ0n) is 9.34. The number of rotatable bonds is 5. The van der Waals surface area contributed by atoms with E-state index in [9.17, 15) is 13.2 Å². The van der Waals surface area contributed by atoms with Crippen LogP contribution in [0.1, 0.15) is 12.5 Å². The van der Waals surface area contributed by atoms with E-state index in [1.54, 1.807) is 0 Å². The number of alkyl halides is 3. The van der Waals surface area contributed by atoms with Crippen LogP contribution < -0.4 is 11.1 Å². The minimum atomic E-state index is -4.42. The summed E-state index contributed by atoms with van der Waals surface area (Å²) in [6.07, 6.45) is -4.42. The summed E-state index contributed by atoms with van der Waals surface area (Å²) in [6, 6.07) is 1.72. The van der Waals surface area contributed by atoms with E-state index in [-0.39, 0.29) is 11.6 Å². The molecule has 1 heterocycles. The molecule has 3 N–H and O–H groups in total. The molecule has 0 aromatic carbocycles. The number of nitrogens with two attached hydrogens (primary N) is 1. The third-order valence-electron chi connectivity index (χ3n) is 1.93. The molecule has 7 heteroatoms. The smallest absolute Gasteiger partial charge is 0.384 e. The molecule has 4 nitrogen and oxygen atoms in total. The van der Waals surface area contributed by atoms with Crippen molar-refractivity contribution in [3.8, 4) is 0 Å². The van der Waals surface area contributed by atoms with Gasteiger partial charge in [0.05, 0.1) is 12.2 Å². The van der Waals surface area contributed by atoms with E-state index < -0.39 is 11.7 Å². The topological polar surface area (TPSA) is 60.2 Å². The maximum atomic E-state index is 12.5. The molecule has 1 aromatic heterocycles. The second-order valence-corrected chi connectivity index (χ2v) is 3.29. The Balaban J connectivity index is 2.69. The first-order valence-electron chi connectivity index (χ1n) is 5.10.